The number of likely N-dealkylation sites (tertiary alicyclic amines) is 1. The van der Waals surface area contributed by atoms with Crippen molar-refractivity contribution in [3.8, 4) is 17.3 Å². The van der Waals surface area contributed by atoms with Crippen LogP contribution in [-0.4, -0.2) is 77.2 Å². The molecule has 1 aliphatic heterocycles. The van der Waals surface area contributed by atoms with Crippen LogP contribution in [0.4, 0.5) is 23.9 Å². The van der Waals surface area contributed by atoms with Crippen molar-refractivity contribution in [2.75, 3.05) is 31.6 Å². The van der Waals surface area contributed by atoms with Gasteiger partial charge in [-0.15, -0.1) is 0 Å². The molecule has 1 fully saturated rings. The van der Waals surface area contributed by atoms with Gasteiger partial charge in [-0.05, 0) is 24.6 Å². The first-order valence-electron chi connectivity index (χ1n) is 13.8. The number of aliphatic hydroxyl groups is 1. The largest absolute Gasteiger partial charge is 0.445 e. The number of hydrogen-bond acceptors (Lipinski definition) is 8. The number of aromatic nitrogens is 3. The fraction of sp³-hybridized carbons (Fsp3) is 0.448. The van der Waals surface area contributed by atoms with Gasteiger partial charge in [0.2, 0.25) is 5.95 Å². The second-order valence-corrected chi connectivity index (χ2v) is 17.3. The minimum absolute atomic E-state index is 0.00171. The molecule has 0 radical (unpaired) electrons. The minimum Gasteiger partial charge on any atom is -0.445 e. The summed E-state index contributed by atoms with van der Waals surface area (Å²) in [5.41, 5.74) is -0.288. The Labute approximate surface area is 248 Å². The molecule has 2 N–H and O–H groups in total. The highest BCUT2D eigenvalue weighted by molar-refractivity contribution is 6.76. The van der Waals surface area contributed by atoms with Crippen molar-refractivity contribution in [1.82, 2.24) is 19.4 Å². The number of nitriles is 1. The van der Waals surface area contributed by atoms with Crippen molar-refractivity contribution in [2.45, 2.75) is 57.2 Å². The summed E-state index contributed by atoms with van der Waals surface area (Å²) in [6.45, 7) is 10.9. The number of β-amino-alcohol motifs (C(OH)–C–C–N with tert-alkyl or cyclic N) is 1. The molecule has 14 heteroatoms. The fourth-order valence-electron chi connectivity index (χ4n) is 4.79. The molecular weight excluding hydrogens is 581 g/mol. The zero-order valence-corrected chi connectivity index (χ0v) is 25.3. The van der Waals surface area contributed by atoms with Gasteiger partial charge >= 0.3 is 12.3 Å². The van der Waals surface area contributed by atoms with Crippen LogP contribution in [0.2, 0.25) is 25.7 Å². The van der Waals surface area contributed by atoms with Crippen molar-refractivity contribution in [2.24, 2.45) is 0 Å². The summed E-state index contributed by atoms with van der Waals surface area (Å²) in [6, 6.07) is 7.19. The minimum atomic E-state index is -4.75. The van der Waals surface area contributed by atoms with Gasteiger partial charge in [0.1, 0.15) is 18.9 Å². The van der Waals surface area contributed by atoms with Gasteiger partial charge in [0.25, 0.3) is 0 Å². The molecule has 1 aromatic carbocycles. The van der Waals surface area contributed by atoms with E-state index in [0.29, 0.717) is 23.1 Å². The van der Waals surface area contributed by atoms with Crippen molar-refractivity contribution < 1.29 is 32.5 Å². The number of hydrogen-bond donors (Lipinski definition) is 2. The maximum absolute atomic E-state index is 14.2. The van der Waals surface area contributed by atoms with Gasteiger partial charge in [-0.3, -0.25) is 0 Å². The lowest BCUT2D eigenvalue weighted by Crippen LogP contribution is -2.51. The number of piperidine rings is 1. The Hall–Kier alpha value is -3.93. The third-order valence-electron chi connectivity index (χ3n) is 6.93. The number of ether oxygens (including phenoxy) is 2. The smallest absolute Gasteiger partial charge is 0.419 e. The van der Waals surface area contributed by atoms with Crippen LogP contribution in [-0.2, 0) is 22.4 Å². The lowest BCUT2D eigenvalue weighted by atomic mass is 10.0. The molecule has 1 amide bonds. The molecule has 2 atom stereocenters. The van der Waals surface area contributed by atoms with Gasteiger partial charge in [-0.25, -0.2) is 14.8 Å². The molecule has 10 nitrogen and oxygen atoms in total. The van der Waals surface area contributed by atoms with E-state index < -0.39 is 38.1 Å². The molecule has 3 heterocycles. The van der Waals surface area contributed by atoms with Crippen LogP contribution in [0.1, 0.15) is 17.5 Å². The summed E-state index contributed by atoms with van der Waals surface area (Å²) in [4.78, 5) is 21.9. The Morgan fingerprint density at radius 3 is 2.77 bits per heavy atom. The van der Waals surface area contributed by atoms with Gasteiger partial charge in [0, 0.05) is 50.6 Å². The van der Waals surface area contributed by atoms with Crippen LogP contribution in [0.15, 0.2) is 43.2 Å². The van der Waals surface area contributed by atoms with Crippen LogP contribution >= 0.6 is 0 Å². The molecule has 0 unspecified atom stereocenters. The van der Waals surface area contributed by atoms with Crippen LogP contribution in [0.5, 0.6) is 0 Å². The number of carbonyl (C=O) groups is 1. The average Bonchev–Trinajstić information content (AvgIpc) is 3.30. The third kappa shape index (κ3) is 8.13. The van der Waals surface area contributed by atoms with Crippen molar-refractivity contribution in [3.05, 3.63) is 54.4 Å². The van der Waals surface area contributed by atoms with Crippen LogP contribution in [0, 0.1) is 11.3 Å². The molecule has 0 spiro atoms. The van der Waals surface area contributed by atoms with E-state index in [1.165, 1.54) is 11.0 Å². The second-order valence-electron chi connectivity index (χ2n) is 11.7. The predicted molar refractivity (Wildman–Crippen MR) is 158 cm³/mol. The predicted octanol–water partition coefficient (Wildman–Crippen LogP) is 5.47. The lowest BCUT2D eigenvalue weighted by Gasteiger charge is -2.35. The summed E-state index contributed by atoms with van der Waals surface area (Å²) >= 11 is 0. The topological polar surface area (TPSA) is 126 Å². The molecule has 43 heavy (non-hydrogen) atoms. The van der Waals surface area contributed by atoms with E-state index in [9.17, 15) is 28.3 Å². The highest BCUT2D eigenvalue weighted by Crippen LogP contribution is 2.39. The fourth-order valence-corrected chi connectivity index (χ4v) is 5.55. The molecular formula is C29H35F3N6O4Si. The molecule has 0 bridgehead atoms. The Morgan fingerprint density at radius 1 is 1.33 bits per heavy atom. The summed E-state index contributed by atoms with van der Waals surface area (Å²) < 4.78 is 55.3. The Morgan fingerprint density at radius 2 is 2.09 bits per heavy atom. The first-order valence-corrected chi connectivity index (χ1v) is 17.5. The van der Waals surface area contributed by atoms with E-state index in [1.54, 1.807) is 29.0 Å². The maximum atomic E-state index is 14.2. The normalized spacial score (nSPS) is 17.5. The SMILES string of the molecule is C=CCOC(=O)N1C[C@H](O)C[C@H](Nc2ncc(C(F)(F)F)c(-c3cn(COCC[Si](C)(C)C)c4cc(C#N)ccc34)n2)C1. The molecule has 0 saturated carbocycles. The van der Waals surface area contributed by atoms with E-state index in [-0.39, 0.29) is 50.1 Å². The number of nitrogens with one attached hydrogen (secondary N) is 1. The molecule has 2 aromatic heterocycles. The van der Waals surface area contributed by atoms with Gasteiger partial charge in [-0.2, -0.15) is 18.4 Å². The van der Waals surface area contributed by atoms with Crippen molar-refractivity contribution in [1.29, 1.82) is 5.26 Å². The molecule has 230 valence electrons. The Bertz CT molecular complexity index is 1510. The maximum Gasteiger partial charge on any atom is 0.419 e. The summed E-state index contributed by atoms with van der Waals surface area (Å²) in [7, 11) is -1.36. The van der Waals surface area contributed by atoms with Gasteiger partial charge in [0.05, 0.1) is 35.5 Å². The molecule has 1 aliphatic rings. The molecule has 3 aromatic rings. The number of nitrogens with zero attached hydrogens (tertiary/aromatic N) is 5. The van der Waals surface area contributed by atoms with Crippen LogP contribution in [0.25, 0.3) is 22.2 Å². The number of alkyl halides is 3. The second kappa shape index (κ2) is 13.1. The highest BCUT2D eigenvalue weighted by Gasteiger charge is 2.37. The average molecular weight is 617 g/mol. The number of carbonyl (C=O) groups excluding carboxylic acids is 1. The van der Waals surface area contributed by atoms with E-state index in [0.717, 1.165) is 12.2 Å². The first kappa shape index (κ1) is 32.0. The summed E-state index contributed by atoms with van der Waals surface area (Å²) in [5, 5.41) is 23.2. The number of amides is 1. The third-order valence-corrected chi connectivity index (χ3v) is 8.64. The number of fused-ring (bicyclic) bond motifs is 1. The highest BCUT2D eigenvalue weighted by atomic mass is 28.3. The van der Waals surface area contributed by atoms with Gasteiger partial charge in [0.15, 0.2) is 0 Å². The van der Waals surface area contributed by atoms with E-state index in [1.807, 2.05) is 0 Å². The number of halogens is 3. The van der Waals surface area contributed by atoms with Crippen LogP contribution < -0.4 is 5.32 Å². The zero-order valence-electron chi connectivity index (χ0n) is 24.3. The van der Waals surface area contributed by atoms with E-state index >= 15 is 0 Å². The quantitative estimate of drug-likeness (QED) is 0.175. The van der Waals surface area contributed by atoms with E-state index in [2.05, 4.69) is 47.6 Å². The Balaban J connectivity index is 1.69. The first-order chi connectivity index (χ1) is 20.3. The number of rotatable bonds is 10. The van der Waals surface area contributed by atoms with Gasteiger partial charge in [-0.1, -0.05) is 38.4 Å². The van der Waals surface area contributed by atoms with E-state index in [4.69, 9.17) is 9.47 Å². The molecule has 4 rings (SSSR count). The lowest BCUT2D eigenvalue weighted by molar-refractivity contribution is -0.137. The van der Waals surface area contributed by atoms with Crippen molar-refractivity contribution in [3.63, 3.8) is 0 Å². The number of aliphatic hydroxyl groups excluding tert-OH is 1. The summed E-state index contributed by atoms with van der Waals surface area (Å²) in [6.07, 6.45) is -2.38. The summed E-state index contributed by atoms with van der Waals surface area (Å²) in [5.74, 6) is -0.0950. The standard InChI is InChI=1S/C29H35F3N6O4Si/c1-5-8-42-28(40)37-15-20(12-21(39)16-37)35-27-34-14-24(29(30,31)32)26(36-27)23-17-38(18-41-9-10-43(2,3)4)25-11-19(13-33)6-7-22(23)25/h5-7,11,14,17,20-21,39H,1,8-10,12,15-16,18H2,2-4H3,(H,34,35,36)/t20-,21+/m0/s1. The monoisotopic (exact) mass is 616 g/mol. The van der Waals surface area contributed by atoms with Crippen LogP contribution in [0.3, 0.4) is 0 Å². The molecule has 0 aliphatic carbocycles. The number of benzene rings is 1. The van der Waals surface area contributed by atoms with Crippen molar-refractivity contribution >= 4 is 31.0 Å². The Kier molecular flexibility index (Phi) is 9.78. The molecule has 1 saturated heterocycles. The number of anilines is 1. The van der Waals surface area contributed by atoms with Gasteiger partial charge < -0.3 is 29.4 Å². The zero-order chi connectivity index (χ0) is 31.4.